The second-order valence-electron chi connectivity index (χ2n) is 6.55. The Hall–Kier alpha value is -1.48. The Morgan fingerprint density at radius 3 is 2.72 bits per heavy atom. The molecular weight excluding hydrogens is 340 g/mol. The van der Waals surface area contributed by atoms with E-state index in [9.17, 15) is 13.2 Å². The zero-order chi connectivity index (χ0) is 17.9. The number of amides is 1. The SMILES string of the molecule is CC(=O)N1CCc2cc(S(=O)(=O)NCCCN3CCNCC3)ccc21. The fourth-order valence-electron chi connectivity index (χ4n) is 3.40. The maximum absolute atomic E-state index is 12.5. The second-order valence-corrected chi connectivity index (χ2v) is 8.32. The van der Waals surface area contributed by atoms with Gasteiger partial charge >= 0.3 is 0 Å². The summed E-state index contributed by atoms with van der Waals surface area (Å²) in [5.74, 6) is -0.0135. The summed E-state index contributed by atoms with van der Waals surface area (Å²) < 4.78 is 27.7. The molecule has 0 aliphatic carbocycles. The minimum Gasteiger partial charge on any atom is -0.314 e. The first kappa shape index (κ1) is 18.3. The number of nitrogens with one attached hydrogen (secondary N) is 2. The Balaban J connectivity index is 1.56. The number of sulfonamides is 1. The highest BCUT2D eigenvalue weighted by molar-refractivity contribution is 7.89. The van der Waals surface area contributed by atoms with Crippen molar-refractivity contribution in [1.29, 1.82) is 0 Å². The number of anilines is 1. The lowest BCUT2D eigenvalue weighted by Gasteiger charge is -2.27. The van der Waals surface area contributed by atoms with E-state index in [0.717, 1.165) is 50.4 Å². The van der Waals surface area contributed by atoms with E-state index in [2.05, 4.69) is 14.9 Å². The number of carbonyl (C=O) groups is 1. The van der Waals surface area contributed by atoms with Crippen LogP contribution < -0.4 is 14.9 Å². The summed E-state index contributed by atoms with van der Waals surface area (Å²) in [5.41, 5.74) is 1.74. The van der Waals surface area contributed by atoms with Gasteiger partial charge in [0.25, 0.3) is 0 Å². The van der Waals surface area contributed by atoms with E-state index in [1.807, 2.05) is 0 Å². The van der Waals surface area contributed by atoms with Crippen molar-refractivity contribution < 1.29 is 13.2 Å². The third kappa shape index (κ3) is 4.38. The summed E-state index contributed by atoms with van der Waals surface area (Å²) in [6.45, 7) is 7.52. The predicted molar refractivity (Wildman–Crippen MR) is 97.3 cm³/mol. The van der Waals surface area contributed by atoms with Gasteiger partial charge in [-0.3, -0.25) is 4.79 Å². The maximum atomic E-state index is 12.5. The zero-order valence-corrected chi connectivity index (χ0v) is 15.4. The van der Waals surface area contributed by atoms with Crippen molar-refractivity contribution in [3.63, 3.8) is 0 Å². The number of hydrogen-bond acceptors (Lipinski definition) is 5. The van der Waals surface area contributed by atoms with Crippen molar-refractivity contribution in [3.05, 3.63) is 23.8 Å². The Morgan fingerprint density at radius 2 is 2.00 bits per heavy atom. The predicted octanol–water partition coefficient (Wildman–Crippen LogP) is 0.169. The van der Waals surface area contributed by atoms with Gasteiger partial charge in [-0.2, -0.15) is 0 Å². The third-order valence-corrected chi connectivity index (χ3v) is 6.25. The van der Waals surface area contributed by atoms with Crippen molar-refractivity contribution in [2.75, 3.05) is 50.7 Å². The highest BCUT2D eigenvalue weighted by Gasteiger charge is 2.24. The highest BCUT2D eigenvalue weighted by Crippen LogP contribution is 2.30. The number of carbonyl (C=O) groups excluding carboxylic acids is 1. The standard InChI is InChI=1S/C17H26N4O3S/c1-14(22)21-10-5-15-13-16(3-4-17(15)21)25(23,24)19-6-2-9-20-11-7-18-8-12-20/h3-4,13,18-19H,2,5-12H2,1H3. The summed E-state index contributed by atoms with van der Waals surface area (Å²) >= 11 is 0. The maximum Gasteiger partial charge on any atom is 0.240 e. The molecule has 1 saturated heterocycles. The van der Waals surface area contributed by atoms with Crippen LogP contribution in [0.2, 0.25) is 0 Å². The molecule has 138 valence electrons. The van der Waals surface area contributed by atoms with E-state index in [1.165, 1.54) is 6.92 Å². The van der Waals surface area contributed by atoms with Gasteiger partial charge in [0, 0.05) is 51.9 Å². The fraction of sp³-hybridized carbons (Fsp3) is 0.588. The topological polar surface area (TPSA) is 81.8 Å². The summed E-state index contributed by atoms with van der Waals surface area (Å²) in [5, 5.41) is 3.30. The first-order valence-corrected chi connectivity index (χ1v) is 10.3. The van der Waals surface area contributed by atoms with Gasteiger partial charge in [0.05, 0.1) is 4.90 Å². The molecule has 2 aliphatic heterocycles. The molecule has 0 saturated carbocycles. The lowest BCUT2D eigenvalue weighted by Crippen LogP contribution is -2.44. The first-order valence-electron chi connectivity index (χ1n) is 8.81. The van der Waals surface area contributed by atoms with Crippen LogP contribution in [0, 0.1) is 0 Å². The Morgan fingerprint density at radius 1 is 1.24 bits per heavy atom. The minimum absolute atomic E-state index is 0.0135. The average Bonchev–Trinajstić information content (AvgIpc) is 3.03. The van der Waals surface area contributed by atoms with Crippen LogP contribution in [-0.2, 0) is 21.2 Å². The van der Waals surface area contributed by atoms with Crippen LogP contribution >= 0.6 is 0 Å². The normalized spacial score (nSPS) is 18.4. The van der Waals surface area contributed by atoms with Gasteiger partial charge in [0.1, 0.15) is 0 Å². The van der Waals surface area contributed by atoms with Gasteiger partial charge in [0.15, 0.2) is 0 Å². The van der Waals surface area contributed by atoms with Gasteiger partial charge in [-0.1, -0.05) is 0 Å². The molecular formula is C17H26N4O3S. The molecule has 0 atom stereocenters. The summed E-state index contributed by atoms with van der Waals surface area (Å²) in [6.07, 6.45) is 1.49. The molecule has 0 bridgehead atoms. The van der Waals surface area contributed by atoms with Crippen LogP contribution in [-0.4, -0.2) is 65.0 Å². The molecule has 2 heterocycles. The number of benzene rings is 1. The van der Waals surface area contributed by atoms with Crippen LogP contribution in [0.4, 0.5) is 5.69 Å². The Bertz CT molecular complexity index is 729. The highest BCUT2D eigenvalue weighted by atomic mass is 32.2. The van der Waals surface area contributed by atoms with Crippen LogP contribution in [0.3, 0.4) is 0 Å². The van der Waals surface area contributed by atoms with Crippen molar-refractivity contribution in [1.82, 2.24) is 14.9 Å². The quantitative estimate of drug-likeness (QED) is 0.702. The largest absolute Gasteiger partial charge is 0.314 e. The number of hydrogen-bond donors (Lipinski definition) is 2. The molecule has 2 N–H and O–H groups in total. The molecule has 0 spiro atoms. The van der Waals surface area contributed by atoms with Crippen LogP contribution in [0.5, 0.6) is 0 Å². The van der Waals surface area contributed by atoms with E-state index >= 15 is 0 Å². The van der Waals surface area contributed by atoms with Gasteiger partial charge in [-0.05, 0) is 43.1 Å². The average molecular weight is 366 g/mol. The third-order valence-electron chi connectivity index (χ3n) is 4.79. The van der Waals surface area contributed by atoms with E-state index in [-0.39, 0.29) is 10.8 Å². The van der Waals surface area contributed by atoms with Crippen molar-refractivity contribution in [2.45, 2.75) is 24.7 Å². The van der Waals surface area contributed by atoms with Gasteiger partial charge in [-0.25, -0.2) is 13.1 Å². The van der Waals surface area contributed by atoms with E-state index < -0.39 is 10.0 Å². The van der Waals surface area contributed by atoms with E-state index in [4.69, 9.17) is 0 Å². The number of piperazine rings is 1. The number of fused-ring (bicyclic) bond motifs is 1. The molecule has 1 aromatic carbocycles. The van der Waals surface area contributed by atoms with Crippen LogP contribution in [0.15, 0.2) is 23.1 Å². The molecule has 25 heavy (non-hydrogen) atoms. The Kier molecular flexibility index (Phi) is 5.73. The Labute approximate surface area is 149 Å². The molecule has 8 heteroatoms. The smallest absolute Gasteiger partial charge is 0.240 e. The van der Waals surface area contributed by atoms with Crippen LogP contribution in [0.1, 0.15) is 18.9 Å². The molecule has 0 radical (unpaired) electrons. The zero-order valence-electron chi connectivity index (χ0n) is 14.6. The van der Waals surface area contributed by atoms with Crippen molar-refractivity contribution >= 4 is 21.6 Å². The molecule has 1 aromatic rings. The summed E-state index contributed by atoms with van der Waals surface area (Å²) in [7, 11) is -3.51. The summed E-state index contributed by atoms with van der Waals surface area (Å²) in [4.78, 5) is 15.9. The lowest BCUT2D eigenvalue weighted by molar-refractivity contribution is -0.116. The summed E-state index contributed by atoms with van der Waals surface area (Å²) in [6, 6.07) is 5.01. The fourth-order valence-corrected chi connectivity index (χ4v) is 4.52. The van der Waals surface area contributed by atoms with Gasteiger partial charge in [0.2, 0.25) is 15.9 Å². The lowest BCUT2D eigenvalue weighted by atomic mass is 10.2. The molecule has 3 rings (SSSR count). The first-order chi connectivity index (χ1) is 12.0. The number of rotatable bonds is 6. The van der Waals surface area contributed by atoms with E-state index in [0.29, 0.717) is 19.5 Å². The molecule has 1 fully saturated rings. The van der Waals surface area contributed by atoms with Crippen LogP contribution in [0.25, 0.3) is 0 Å². The minimum atomic E-state index is -3.51. The molecule has 1 amide bonds. The second kappa shape index (κ2) is 7.82. The van der Waals surface area contributed by atoms with Gasteiger partial charge < -0.3 is 15.1 Å². The molecule has 2 aliphatic rings. The number of nitrogens with zero attached hydrogens (tertiary/aromatic N) is 2. The molecule has 7 nitrogen and oxygen atoms in total. The van der Waals surface area contributed by atoms with Crippen molar-refractivity contribution in [3.8, 4) is 0 Å². The van der Waals surface area contributed by atoms with E-state index in [1.54, 1.807) is 23.1 Å². The monoisotopic (exact) mass is 366 g/mol. The van der Waals surface area contributed by atoms with Crippen molar-refractivity contribution in [2.24, 2.45) is 0 Å². The molecule has 0 aromatic heterocycles. The van der Waals surface area contributed by atoms with Gasteiger partial charge in [-0.15, -0.1) is 0 Å². The molecule has 0 unspecified atom stereocenters.